The van der Waals surface area contributed by atoms with E-state index in [1.807, 2.05) is 0 Å². The van der Waals surface area contributed by atoms with Gasteiger partial charge in [-0.15, -0.1) is 0 Å². The number of ether oxygens (including phenoxy) is 1. The van der Waals surface area contributed by atoms with Gasteiger partial charge in [-0.1, -0.05) is 0 Å². The fourth-order valence-corrected chi connectivity index (χ4v) is 0.399. The second kappa shape index (κ2) is 4.73. The Morgan fingerprint density at radius 1 is 1.67 bits per heavy atom. The van der Waals surface area contributed by atoms with Crippen molar-refractivity contribution in [1.82, 2.24) is 9.97 Å². The van der Waals surface area contributed by atoms with Crippen molar-refractivity contribution in [2.75, 3.05) is 7.11 Å². The van der Waals surface area contributed by atoms with Gasteiger partial charge in [0, 0.05) is 12.3 Å². The van der Waals surface area contributed by atoms with Crippen LogP contribution < -0.4 is 34.3 Å². The molecule has 0 amide bonds. The third-order valence-corrected chi connectivity index (χ3v) is 0.764. The third-order valence-electron chi connectivity index (χ3n) is 0.764. The molecule has 0 N–H and O–H groups in total. The van der Waals surface area contributed by atoms with Crippen molar-refractivity contribution in [1.29, 1.82) is 0 Å². The Hall–Kier alpha value is -0.120. The van der Waals surface area contributed by atoms with E-state index in [4.69, 9.17) is 4.74 Å². The maximum absolute atomic E-state index is 4.76. The first-order chi connectivity index (χ1) is 3.93. The van der Waals surface area contributed by atoms with E-state index in [1.165, 1.54) is 6.33 Å². The molecule has 0 aliphatic carbocycles. The standard InChI is InChI=1S/C5H6N2O.Na.H/c1-8-5-2-3-6-4-7-5;;/h2-4H,1H3;;/q;+1;-1. The van der Waals surface area contributed by atoms with Crippen molar-refractivity contribution in [3.05, 3.63) is 18.6 Å². The van der Waals surface area contributed by atoms with E-state index in [9.17, 15) is 0 Å². The number of rotatable bonds is 1. The van der Waals surface area contributed by atoms with Gasteiger partial charge in [-0.05, 0) is 0 Å². The number of hydrogen-bond donors (Lipinski definition) is 0. The van der Waals surface area contributed by atoms with Gasteiger partial charge in [0.1, 0.15) is 6.33 Å². The second-order valence-corrected chi connectivity index (χ2v) is 1.25. The first-order valence-electron chi connectivity index (χ1n) is 2.23. The van der Waals surface area contributed by atoms with Crippen LogP contribution in [-0.2, 0) is 0 Å². The van der Waals surface area contributed by atoms with E-state index < -0.39 is 0 Å². The first kappa shape index (κ1) is 8.88. The fourth-order valence-electron chi connectivity index (χ4n) is 0.399. The Labute approximate surface area is 77.2 Å². The van der Waals surface area contributed by atoms with E-state index >= 15 is 0 Å². The van der Waals surface area contributed by atoms with Crippen LogP contribution in [0, 0.1) is 0 Å². The zero-order valence-corrected chi connectivity index (χ0v) is 7.53. The Bertz CT molecular complexity index is 161. The average molecular weight is 134 g/mol. The molecule has 1 heterocycles. The van der Waals surface area contributed by atoms with Crippen LogP contribution >= 0.6 is 0 Å². The van der Waals surface area contributed by atoms with E-state index in [0.717, 1.165) is 0 Å². The Balaban J connectivity index is 0. The predicted molar refractivity (Wildman–Crippen MR) is 29.7 cm³/mol. The molecule has 1 rings (SSSR count). The zero-order valence-electron chi connectivity index (χ0n) is 6.53. The number of methoxy groups -OCH3 is 1. The number of aromatic nitrogens is 2. The maximum atomic E-state index is 4.76. The van der Waals surface area contributed by atoms with Crippen LogP contribution in [0.4, 0.5) is 0 Å². The number of hydrogen-bond acceptors (Lipinski definition) is 3. The Kier molecular flexibility index (Phi) is 4.67. The monoisotopic (exact) mass is 134 g/mol. The summed E-state index contributed by atoms with van der Waals surface area (Å²) in [5.41, 5.74) is 0. The third kappa shape index (κ3) is 2.79. The minimum Gasteiger partial charge on any atom is -1.00 e. The van der Waals surface area contributed by atoms with Crippen LogP contribution in [-0.4, -0.2) is 17.1 Å². The summed E-state index contributed by atoms with van der Waals surface area (Å²) in [5.74, 6) is 0.597. The van der Waals surface area contributed by atoms with Gasteiger partial charge in [0.05, 0.1) is 7.11 Å². The summed E-state index contributed by atoms with van der Waals surface area (Å²) < 4.78 is 4.76. The molecule has 1 aromatic rings. The van der Waals surface area contributed by atoms with Gasteiger partial charge in [-0.25, -0.2) is 9.97 Å². The first-order valence-corrected chi connectivity index (χ1v) is 2.23. The molecule has 0 aromatic carbocycles. The Morgan fingerprint density at radius 3 is 2.78 bits per heavy atom. The van der Waals surface area contributed by atoms with Crippen LogP contribution in [0.3, 0.4) is 0 Å². The van der Waals surface area contributed by atoms with Gasteiger partial charge in [0.2, 0.25) is 5.88 Å². The van der Waals surface area contributed by atoms with Crippen LogP contribution in [0.25, 0.3) is 0 Å². The summed E-state index contributed by atoms with van der Waals surface area (Å²) in [6.45, 7) is 0. The molecular formula is C5H7N2NaO. The minimum absolute atomic E-state index is 0. The van der Waals surface area contributed by atoms with Gasteiger partial charge in [0.25, 0.3) is 0 Å². The molecular weight excluding hydrogens is 127 g/mol. The molecule has 0 radical (unpaired) electrons. The van der Waals surface area contributed by atoms with Gasteiger partial charge in [-0.3, -0.25) is 0 Å². The largest absolute Gasteiger partial charge is 1.00 e. The van der Waals surface area contributed by atoms with Crippen molar-refractivity contribution in [3.8, 4) is 5.88 Å². The summed E-state index contributed by atoms with van der Waals surface area (Å²) >= 11 is 0. The van der Waals surface area contributed by atoms with Crippen molar-refractivity contribution in [2.45, 2.75) is 0 Å². The molecule has 44 valence electrons. The summed E-state index contributed by atoms with van der Waals surface area (Å²) in [5, 5.41) is 0. The minimum atomic E-state index is 0. The van der Waals surface area contributed by atoms with Crippen LogP contribution in [0.1, 0.15) is 1.43 Å². The Morgan fingerprint density at radius 2 is 2.44 bits per heavy atom. The van der Waals surface area contributed by atoms with Gasteiger partial charge >= 0.3 is 29.6 Å². The van der Waals surface area contributed by atoms with Crippen molar-refractivity contribution in [3.63, 3.8) is 0 Å². The molecule has 0 spiro atoms. The second-order valence-electron chi connectivity index (χ2n) is 1.25. The van der Waals surface area contributed by atoms with Crippen LogP contribution in [0.15, 0.2) is 18.6 Å². The molecule has 4 heteroatoms. The molecule has 9 heavy (non-hydrogen) atoms. The van der Waals surface area contributed by atoms with Crippen molar-refractivity contribution < 1.29 is 35.7 Å². The molecule has 0 saturated heterocycles. The molecule has 0 saturated carbocycles. The topological polar surface area (TPSA) is 35.0 Å². The number of nitrogens with zero attached hydrogens (tertiary/aromatic N) is 2. The molecule has 1 aromatic heterocycles. The quantitative estimate of drug-likeness (QED) is 0.402. The molecule has 3 nitrogen and oxygen atoms in total. The zero-order chi connectivity index (χ0) is 5.82. The maximum Gasteiger partial charge on any atom is 1.00 e. The summed E-state index contributed by atoms with van der Waals surface area (Å²) in [7, 11) is 1.57. The van der Waals surface area contributed by atoms with E-state index in [1.54, 1.807) is 19.4 Å². The molecule has 0 aliphatic heterocycles. The van der Waals surface area contributed by atoms with E-state index in [-0.39, 0.29) is 31.0 Å². The normalized spacial score (nSPS) is 7.67. The molecule has 0 bridgehead atoms. The fraction of sp³-hybridized carbons (Fsp3) is 0.200. The van der Waals surface area contributed by atoms with E-state index in [2.05, 4.69) is 9.97 Å². The molecule has 0 aliphatic rings. The van der Waals surface area contributed by atoms with Gasteiger partial charge in [0.15, 0.2) is 0 Å². The van der Waals surface area contributed by atoms with E-state index in [0.29, 0.717) is 5.88 Å². The predicted octanol–water partition coefficient (Wildman–Crippen LogP) is -2.40. The van der Waals surface area contributed by atoms with Gasteiger partial charge < -0.3 is 6.16 Å². The molecule has 0 atom stereocenters. The molecule has 0 unspecified atom stereocenters. The molecule has 0 fully saturated rings. The SMILES string of the molecule is COc1ccncn1.[H-].[Na+]. The smallest absolute Gasteiger partial charge is 1.00 e. The van der Waals surface area contributed by atoms with Gasteiger partial charge in [-0.2, -0.15) is 0 Å². The summed E-state index contributed by atoms with van der Waals surface area (Å²) in [6, 6.07) is 1.69. The van der Waals surface area contributed by atoms with Crippen LogP contribution in [0.2, 0.25) is 0 Å². The average Bonchev–Trinajstić information content (AvgIpc) is 1.90. The van der Waals surface area contributed by atoms with Crippen molar-refractivity contribution in [2.24, 2.45) is 0 Å². The summed E-state index contributed by atoms with van der Waals surface area (Å²) in [6.07, 6.45) is 3.07. The summed E-state index contributed by atoms with van der Waals surface area (Å²) in [4.78, 5) is 7.47. The van der Waals surface area contributed by atoms with Crippen molar-refractivity contribution >= 4 is 0 Å². The van der Waals surface area contributed by atoms with Crippen LogP contribution in [0.5, 0.6) is 5.88 Å².